The molecule has 2 aromatic carbocycles. The highest BCUT2D eigenvalue weighted by molar-refractivity contribution is 5.58. The van der Waals surface area contributed by atoms with Crippen LogP contribution in [0.2, 0.25) is 0 Å². The predicted octanol–water partition coefficient (Wildman–Crippen LogP) is 5.46. The van der Waals surface area contributed by atoms with Crippen molar-refractivity contribution in [2.75, 3.05) is 11.9 Å². The van der Waals surface area contributed by atoms with Gasteiger partial charge in [-0.05, 0) is 49.4 Å². The number of fused-ring (bicyclic) bond motifs is 3. The van der Waals surface area contributed by atoms with E-state index in [4.69, 9.17) is 4.74 Å². The molecule has 2 N–H and O–H groups in total. The van der Waals surface area contributed by atoms with Crippen molar-refractivity contribution in [1.29, 1.82) is 0 Å². The molecule has 5 rings (SSSR count). The molecule has 154 valence electrons. The van der Waals surface area contributed by atoms with E-state index >= 15 is 0 Å². The van der Waals surface area contributed by atoms with Crippen molar-refractivity contribution in [2.24, 2.45) is 5.92 Å². The molecule has 6 heteroatoms. The van der Waals surface area contributed by atoms with Crippen molar-refractivity contribution in [3.8, 4) is 0 Å². The molecule has 1 saturated carbocycles. The van der Waals surface area contributed by atoms with Gasteiger partial charge in [-0.1, -0.05) is 30.3 Å². The van der Waals surface area contributed by atoms with Crippen molar-refractivity contribution in [3.63, 3.8) is 0 Å². The van der Waals surface area contributed by atoms with Gasteiger partial charge >= 0.3 is 6.18 Å². The van der Waals surface area contributed by atoms with Crippen molar-refractivity contribution in [3.05, 3.63) is 65.2 Å². The second-order valence-corrected chi connectivity index (χ2v) is 8.43. The van der Waals surface area contributed by atoms with E-state index in [0.717, 1.165) is 36.7 Å². The van der Waals surface area contributed by atoms with Gasteiger partial charge < -0.3 is 15.4 Å². The van der Waals surface area contributed by atoms with Gasteiger partial charge in [-0.25, -0.2) is 0 Å². The number of halogens is 3. The highest BCUT2D eigenvalue weighted by Crippen LogP contribution is 2.51. The molecule has 0 unspecified atom stereocenters. The molecule has 0 aromatic heterocycles. The molecule has 1 aliphatic carbocycles. The Bertz CT molecular complexity index is 866. The Hall–Kier alpha value is -2.05. The lowest BCUT2D eigenvalue weighted by atomic mass is 9.76. The first kappa shape index (κ1) is 18.9. The number of ether oxygens (including phenoxy) is 1. The van der Waals surface area contributed by atoms with Crippen LogP contribution in [-0.2, 0) is 10.9 Å². The Labute approximate surface area is 168 Å². The molecular formula is C23H25F3N2O. The summed E-state index contributed by atoms with van der Waals surface area (Å²) in [6, 6.07) is 14.7. The molecule has 2 heterocycles. The Morgan fingerprint density at radius 3 is 2.52 bits per heavy atom. The molecule has 4 atom stereocenters. The van der Waals surface area contributed by atoms with Crippen LogP contribution in [-0.4, -0.2) is 18.7 Å². The van der Waals surface area contributed by atoms with E-state index in [1.807, 2.05) is 18.2 Å². The number of alkyl halides is 3. The van der Waals surface area contributed by atoms with Crippen LogP contribution < -0.4 is 10.6 Å². The highest BCUT2D eigenvalue weighted by Gasteiger charge is 2.43. The molecule has 0 amide bonds. The van der Waals surface area contributed by atoms with Crippen LogP contribution in [0.25, 0.3) is 0 Å². The molecule has 3 aliphatic rings. The van der Waals surface area contributed by atoms with Gasteiger partial charge in [0.1, 0.15) is 0 Å². The Morgan fingerprint density at radius 1 is 1.00 bits per heavy atom. The summed E-state index contributed by atoms with van der Waals surface area (Å²) in [4.78, 5) is 0. The van der Waals surface area contributed by atoms with E-state index in [2.05, 4.69) is 22.8 Å². The van der Waals surface area contributed by atoms with E-state index in [1.165, 1.54) is 18.9 Å². The molecule has 0 bridgehead atoms. The van der Waals surface area contributed by atoms with Crippen molar-refractivity contribution < 1.29 is 17.9 Å². The SMILES string of the molecule is FC(F)(F)c1ccc2c(c1)[C@H]1O[C@@H](CNC3CC3)CC[C@H]1[C@H](c1ccccc1)N2. The van der Waals surface area contributed by atoms with Gasteiger partial charge in [0.15, 0.2) is 0 Å². The molecule has 3 nitrogen and oxygen atoms in total. The van der Waals surface area contributed by atoms with Gasteiger partial charge in [0.25, 0.3) is 0 Å². The van der Waals surface area contributed by atoms with Gasteiger partial charge in [0, 0.05) is 29.8 Å². The molecule has 2 fully saturated rings. The lowest BCUT2D eigenvalue weighted by Crippen LogP contribution is -2.42. The second-order valence-electron chi connectivity index (χ2n) is 8.43. The third-order valence-corrected chi connectivity index (χ3v) is 6.34. The maximum Gasteiger partial charge on any atom is 0.416 e. The van der Waals surface area contributed by atoms with Gasteiger partial charge in [-0.3, -0.25) is 0 Å². The van der Waals surface area contributed by atoms with Crippen molar-refractivity contribution in [1.82, 2.24) is 5.32 Å². The maximum atomic E-state index is 13.3. The van der Waals surface area contributed by atoms with Gasteiger partial charge in [0.2, 0.25) is 0 Å². The number of hydrogen-bond acceptors (Lipinski definition) is 3. The van der Waals surface area contributed by atoms with Crippen LogP contribution in [0, 0.1) is 5.92 Å². The predicted molar refractivity (Wildman–Crippen MR) is 106 cm³/mol. The number of hydrogen-bond donors (Lipinski definition) is 2. The summed E-state index contributed by atoms with van der Waals surface area (Å²) in [5.74, 6) is 0.102. The number of nitrogens with one attached hydrogen (secondary N) is 2. The number of benzene rings is 2. The summed E-state index contributed by atoms with van der Waals surface area (Å²) in [6.45, 7) is 0.769. The fourth-order valence-electron chi connectivity index (χ4n) is 4.66. The molecule has 0 radical (unpaired) electrons. The Kier molecular flexibility index (Phi) is 4.79. The number of anilines is 1. The zero-order chi connectivity index (χ0) is 20.0. The molecule has 2 aliphatic heterocycles. The first-order valence-electron chi connectivity index (χ1n) is 10.4. The summed E-state index contributed by atoms with van der Waals surface area (Å²) in [7, 11) is 0. The van der Waals surface area contributed by atoms with Crippen LogP contribution in [0.1, 0.15) is 54.5 Å². The molecule has 2 aromatic rings. The average molecular weight is 402 g/mol. The fraction of sp³-hybridized carbons (Fsp3) is 0.478. The number of rotatable bonds is 4. The first-order valence-corrected chi connectivity index (χ1v) is 10.4. The normalized spacial score (nSPS) is 28.9. The van der Waals surface area contributed by atoms with Crippen LogP contribution in [0.15, 0.2) is 48.5 Å². The summed E-state index contributed by atoms with van der Waals surface area (Å²) >= 11 is 0. The molecule has 29 heavy (non-hydrogen) atoms. The molecular weight excluding hydrogens is 377 g/mol. The Balaban J connectivity index is 1.48. The van der Waals surface area contributed by atoms with Gasteiger partial charge in [-0.2, -0.15) is 13.2 Å². The minimum absolute atomic E-state index is 0.0304. The van der Waals surface area contributed by atoms with Crippen LogP contribution >= 0.6 is 0 Å². The fourth-order valence-corrected chi connectivity index (χ4v) is 4.66. The quantitative estimate of drug-likeness (QED) is 0.712. The smallest absolute Gasteiger partial charge is 0.378 e. The van der Waals surface area contributed by atoms with Crippen LogP contribution in [0.3, 0.4) is 0 Å². The lowest BCUT2D eigenvalue weighted by molar-refractivity contribution is -0.138. The third-order valence-electron chi connectivity index (χ3n) is 6.34. The standard InChI is InChI=1S/C23H25F3N2O/c24-23(25,26)15-6-11-20-19(12-15)22-18(21(28-20)14-4-2-1-3-5-14)10-9-17(29-22)13-27-16-7-8-16/h1-6,11-12,16-18,21-22,27-28H,7-10,13H2/t17-,18+,21+,22+/m1/s1. The summed E-state index contributed by atoms with van der Waals surface area (Å²) in [5, 5.41) is 7.01. The topological polar surface area (TPSA) is 33.3 Å². The average Bonchev–Trinajstić information content (AvgIpc) is 3.55. The third kappa shape index (κ3) is 3.88. The van der Waals surface area contributed by atoms with Crippen molar-refractivity contribution >= 4 is 5.69 Å². The van der Waals surface area contributed by atoms with E-state index in [1.54, 1.807) is 6.07 Å². The minimum Gasteiger partial charge on any atom is -0.378 e. The maximum absolute atomic E-state index is 13.3. The van der Waals surface area contributed by atoms with Gasteiger partial charge in [0.05, 0.1) is 23.8 Å². The minimum atomic E-state index is -4.36. The second kappa shape index (κ2) is 7.33. The van der Waals surface area contributed by atoms with E-state index in [9.17, 15) is 13.2 Å². The monoisotopic (exact) mass is 402 g/mol. The summed E-state index contributed by atoms with van der Waals surface area (Å²) < 4.78 is 46.5. The van der Waals surface area contributed by atoms with Crippen LogP contribution in [0.5, 0.6) is 0 Å². The van der Waals surface area contributed by atoms with Gasteiger partial charge in [-0.15, -0.1) is 0 Å². The summed E-state index contributed by atoms with van der Waals surface area (Å²) in [5.41, 5.74) is 1.90. The largest absolute Gasteiger partial charge is 0.416 e. The van der Waals surface area contributed by atoms with E-state index in [0.29, 0.717) is 11.6 Å². The van der Waals surface area contributed by atoms with Crippen molar-refractivity contribution in [2.45, 2.75) is 56.2 Å². The Morgan fingerprint density at radius 2 is 1.79 bits per heavy atom. The summed E-state index contributed by atoms with van der Waals surface area (Å²) in [6.07, 6.45) is -0.410. The zero-order valence-electron chi connectivity index (χ0n) is 16.1. The highest BCUT2D eigenvalue weighted by atomic mass is 19.4. The lowest BCUT2D eigenvalue weighted by Gasteiger charge is -2.46. The zero-order valence-corrected chi connectivity index (χ0v) is 16.1. The van der Waals surface area contributed by atoms with Crippen LogP contribution in [0.4, 0.5) is 18.9 Å². The van der Waals surface area contributed by atoms with E-state index in [-0.39, 0.29) is 24.2 Å². The van der Waals surface area contributed by atoms with E-state index < -0.39 is 11.7 Å². The first-order chi connectivity index (χ1) is 14.0. The molecule has 0 spiro atoms. The molecule has 1 saturated heterocycles.